The molecule has 18 aromatic rings. The molecule has 7 heterocycles. The van der Waals surface area contributed by atoms with E-state index in [4.69, 9.17) is 9.97 Å². The van der Waals surface area contributed by atoms with Crippen molar-refractivity contribution < 1.29 is 0 Å². The van der Waals surface area contributed by atoms with Crippen molar-refractivity contribution >= 4 is 131 Å². The summed E-state index contributed by atoms with van der Waals surface area (Å²) < 4.78 is 9.64. The zero-order chi connectivity index (χ0) is 47.9. The van der Waals surface area contributed by atoms with Crippen LogP contribution < -0.4 is 0 Å². The molecule has 0 radical (unpaired) electrons. The normalized spacial score (nSPS) is 12.6. The first kappa shape index (κ1) is 38.7. The van der Waals surface area contributed by atoms with Crippen LogP contribution in [0.15, 0.2) is 231 Å². The molecule has 340 valence electrons. The predicted molar refractivity (Wildman–Crippen MR) is 308 cm³/mol. The van der Waals surface area contributed by atoms with Crippen molar-refractivity contribution in [3.63, 3.8) is 0 Å². The number of aromatic nitrogens is 6. The van der Waals surface area contributed by atoms with E-state index in [1.165, 1.54) is 87.1 Å². The van der Waals surface area contributed by atoms with Gasteiger partial charge in [-0.2, -0.15) is 0 Å². The molecule has 6 heteroatoms. The van der Waals surface area contributed by atoms with Gasteiger partial charge >= 0.3 is 0 Å². The van der Waals surface area contributed by atoms with Gasteiger partial charge in [0.05, 0.1) is 44.1 Å². The van der Waals surface area contributed by atoms with Crippen molar-refractivity contribution in [2.45, 2.75) is 0 Å². The maximum Gasteiger partial charge on any atom is 0.165 e. The van der Waals surface area contributed by atoms with Crippen LogP contribution in [0.5, 0.6) is 0 Å². The number of hydrogen-bond donors (Lipinski definition) is 0. The second-order valence-electron chi connectivity index (χ2n) is 20.1. The van der Waals surface area contributed by atoms with Crippen molar-refractivity contribution in [3.05, 3.63) is 231 Å². The van der Waals surface area contributed by atoms with Gasteiger partial charge in [0.1, 0.15) is 11.0 Å². The van der Waals surface area contributed by atoms with Crippen molar-refractivity contribution in [2.24, 2.45) is 0 Å². The maximum absolute atomic E-state index is 5.84. The van der Waals surface area contributed by atoms with Crippen LogP contribution in [-0.4, -0.2) is 27.9 Å². The summed E-state index contributed by atoms with van der Waals surface area (Å²) in [5.74, 6) is 0. The summed E-state index contributed by atoms with van der Waals surface area (Å²) in [6.07, 6.45) is 0. The molecular formula is C68H38N6. The Balaban J connectivity index is 0.926. The molecule has 0 fully saturated rings. The Morgan fingerprint density at radius 1 is 0.270 bits per heavy atom. The summed E-state index contributed by atoms with van der Waals surface area (Å²) in [7, 11) is 0. The zero-order valence-corrected chi connectivity index (χ0v) is 39.6. The molecule has 0 saturated heterocycles. The number of nitrogens with zero attached hydrogens (tertiary/aromatic N) is 6. The van der Waals surface area contributed by atoms with Crippen LogP contribution in [0.2, 0.25) is 0 Å². The number of hydrogen-bond acceptors (Lipinski definition) is 2. The number of benzene rings is 11. The first-order valence-corrected chi connectivity index (χ1v) is 25.4. The third kappa shape index (κ3) is 4.80. The number of para-hydroxylation sites is 7. The molecule has 0 saturated carbocycles. The molecule has 11 aromatic carbocycles. The van der Waals surface area contributed by atoms with Gasteiger partial charge in [0.15, 0.2) is 11.3 Å². The minimum absolute atomic E-state index is 0.871. The highest BCUT2D eigenvalue weighted by molar-refractivity contribution is 6.30. The minimum atomic E-state index is 0.871. The second-order valence-corrected chi connectivity index (χ2v) is 20.1. The van der Waals surface area contributed by atoms with E-state index in [1.807, 2.05) is 0 Å². The van der Waals surface area contributed by atoms with Gasteiger partial charge in [0.2, 0.25) is 0 Å². The topological polar surface area (TPSA) is 44.5 Å². The quantitative estimate of drug-likeness (QED) is 0.176. The van der Waals surface area contributed by atoms with E-state index >= 15 is 0 Å². The van der Waals surface area contributed by atoms with Crippen LogP contribution >= 0.6 is 0 Å². The highest BCUT2D eigenvalue weighted by atomic mass is 15.1. The van der Waals surface area contributed by atoms with Crippen molar-refractivity contribution in [1.29, 1.82) is 0 Å². The Morgan fingerprint density at radius 2 is 0.716 bits per heavy atom. The summed E-state index contributed by atoms with van der Waals surface area (Å²) in [6.45, 7) is 0. The van der Waals surface area contributed by atoms with E-state index in [0.29, 0.717) is 0 Å². The van der Waals surface area contributed by atoms with Crippen LogP contribution in [0.25, 0.3) is 165 Å². The first-order chi connectivity index (χ1) is 36.7. The molecule has 0 aliphatic rings. The van der Waals surface area contributed by atoms with E-state index < -0.39 is 0 Å². The van der Waals surface area contributed by atoms with Gasteiger partial charge in [-0.3, -0.25) is 8.80 Å². The van der Waals surface area contributed by atoms with Crippen molar-refractivity contribution in [1.82, 2.24) is 27.9 Å². The van der Waals surface area contributed by atoms with Crippen LogP contribution in [0.3, 0.4) is 0 Å². The molecular weight excluding hydrogens is 901 g/mol. The average Bonchev–Trinajstić information content (AvgIpc) is 4.30. The molecule has 0 aliphatic carbocycles. The molecule has 74 heavy (non-hydrogen) atoms. The van der Waals surface area contributed by atoms with Gasteiger partial charge in [0.25, 0.3) is 0 Å². The molecule has 0 amide bonds. The van der Waals surface area contributed by atoms with Gasteiger partial charge in [-0.1, -0.05) is 164 Å². The fourth-order valence-corrected chi connectivity index (χ4v) is 13.4. The summed E-state index contributed by atoms with van der Waals surface area (Å²) in [4.78, 5) is 11.7. The summed E-state index contributed by atoms with van der Waals surface area (Å²) in [6, 6.07) is 84.4. The van der Waals surface area contributed by atoms with Gasteiger partial charge in [-0.25, -0.2) is 9.97 Å². The van der Waals surface area contributed by atoms with E-state index in [1.54, 1.807) is 0 Å². The van der Waals surface area contributed by atoms with E-state index in [-0.39, 0.29) is 0 Å². The van der Waals surface area contributed by atoms with E-state index in [9.17, 15) is 0 Å². The van der Waals surface area contributed by atoms with Crippen molar-refractivity contribution in [2.75, 3.05) is 0 Å². The fraction of sp³-hybridized carbons (Fsp3) is 0. The molecule has 0 aliphatic heterocycles. The lowest BCUT2D eigenvalue weighted by atomic mass is 9.93. The Kier molecular flexibility index (Phi) is 7.26. The minimum Gasteiger partial charge on any atom is -0.309 e. The molecule has 7 aromatic heterocycles. The van der Waals surface area contributed by atoms with Crippen molar-refractivity contribution in [3.8, 4) is 33.6 Å². The SMILES string of the molecule is c1ccc(-n2c3ccccc3c3cc(-c4cccc5c6cccc7c8nc9c(nc8n(c45)c67)c4cccc5c6cc7ccccc7c(-c7ccc8c(c7)c7ccccc7n8-c7ccccc7)c6n9c54)ccc32)cc1. The smallest absolute Gasteiger partial charge is 0.165 e. The van der Waals surface area contributed by atoms with Crippen LogP contribution in [0.1, 0.15) is 0 Å². The molecule has 0 atom stereocenters. The van der Waals surface area contributed by atoms with E-state index in [0.717, 1.165) is 77.7 Å². The number of fused-ring (bicyclic) bond motifs is 19. The lowest BCUT2D eigenvalue weighted by molar-refractivity contribution is 1.18. The van der Waals surface area contributed by atoms with E-state index in [2.05, 4.69) is 248 Å². The van der Waals surface area contributed by atoms with Crippen LogP contribution in [0.4, 0.5) is 0 Å². The van der Waals surface area contributed by atoms with Gasteiger partial charge < -0.3 is 9.13 Å². The Hall–Kier alpha value is -10.0. The zero-order valence-electron chi connectivity index (χ0n) is 39.6. The Bertz CT molecular complexity index is 5420. The van der Waals surface area contributed by atoms with Gasteiger partial charge in [-0.05, 0) is 88.6 Å². The summed E-state index contributed by atoms with van der Waals surface area (Å²) in [5.41, 5.74) is 19.9. The third-order valence-corrected chi connectivity index (χ3v) is 16.4. The second kappa shape index (κ2) is 13.9. The Morgan fingerprint density at radius 3 is 1.34 bits per heavy atom. The summed E-state index contributed by atoms with van der Waals surface area (Å²) in [5, 5.41) is 14.4. The fourth-order valence-electron chi connectivity index (χ4n) is 13.4. The molecule has 0 bridgehead atoms. The Labute approximate surface area is 421 Å². The monoisotopic (exact) mass is 938 g/mol. The third-order valence-electron chi connectivity index (χ3n) is 16.4. The molecule has 18 rings (SSSR count). The predicted octanol–water partition coefficient (Wildman–Crippen LogP) is 17.5. The molecule has 0 unspecified atom stereocenters. The lowest BCUT2D eigenvalue weighted by Gasteiger charge is -2.12. The maximum atomic E-state index is 5.84. The van der Waals surface area contributed by atoms with Gasteiger partial charge in [0, 0.05) is 76.4 Å². The molecule has 0 N–H and O–H groups in total. The van der Waals surface area contributed by atoms with Crippen LogP contribution in [0, 0.1) is 0 Å². The van der Waals surface area contributed by atoms with Crippen LogP contribution in [-0.2, 0) is 0 Å². The average molecular weight is 939 g/mol. The first-order valence-electron chi connectivity index (χ1n) is 25.4. The molecule has 6 nitrogen and oxygen atoms in total. The highest BCUT2D eigenvalue weighted by Gasteiger charge is 2.28. The highest BCUT2D eigenvalue weighted by Crippen LogP contribution is 2.48. The standard InChI is InChI=1S/C68H38N6/c1-3-17-42(18-4-1)71-56-30-11-9-22-46(56)53-36-40(32-34-58(53)71)45-24-13-25-48-49-26-14-28-51-61-67(73(63(45)48)64(49)51)69-62-52-29-15-27-50-55-37-39-16-7-8-21-44(39)60(66(55)74(65(50)52)68(62)70-61)41-33-35-59-54(38-41)47-23-10-12-31-57(47)72(59)43-19-5-2-6-20-43/h1-38H. The van der Waals surface area contributed by atoms with Gasteiger partial charge in [-0.15, -0.1) is 0 Å². The molecule has 0 spiro atoms. The lowest BCUT2D eigenvalue weighted by Crippen LogP contribution is -1.94. The largest absolute Gasteiger partial charge is 0.309 e. The number of rotatable bonds is 4. The summed E-state index contributed by atoms with van der Waals surface area (Å²) >= 11 is 0.